The van der Waals surface area contributed by atoms with Gasteiger partial charge in [-0.05, 0) is 37.1 Å². The van der Waals surface area contributed by atoms with Crippen LogP contribution in [0.4, 0.5) is 4.39 Å². The van der Waals surface area contributed by atoms with Gasteiger partial charge in [-0.15, -0.1) is 0 Å². The maximum atomic E-state index is 13.3. The molecule has 3 N–H and O–H groups in total. The van der Waals surface area contributed by atoms with E-state index in [9.17, 15) is 14.0 Å². The second-order valence-electron chi connectivity index (χ2n) is 4.74. The van der Waals surface area contributed by atoms with Crippen molar-refractivity contribution < 1.29 is 18.7 Å². The van der Waals surface area contributed by atoms with Crippen LogP contribution in [0.15, 0.2) is 18.2 Å². The Morgan fingerprint density at radius 2 is 2.10 bits per heavy atom. The fourth-order valence-corrected chi connectivity index (χ4v) is 1.70. The summed E-state index contributed by atoms with van der Waals surface area (Å²) in [7, 11) is 0. The van der Waals surface area contributed by atoms with E-state index in [1.807, 2.05) is 6.92 Å². The van der Waals surface area contributed by atoms with Crippen molar-refractivity contribution in [2.45, 2.75) is 32.8 Å². The fourth-order valence-electron chi connectivity index (χ4n) is 1.70. The molecule has 5 nitrogen and oxygen atoms in total. The molecule has 1 atom stereocenters. The second kappa shape index (κ2) is 8.36. The maximum Gasteiger partial charge on any atom is 0.307 e. The first-order valence-electron chi connectivity index (χ1n) is 6.93. The number of carbonyl (C=O) groups is 2. The van der Waals surface area contributed by atoms with Gasteiger partial charge in [0.1, 0.15) is 11.9 Å². The number of ether oxygens (including phenoxy) is 1. The highest BCUT2D eigenvalue weighted by Crippen LogP contribution is 2.10. The van der Waals surface area contributed by atoms with Crippen molar-refractivity contribution in [3.05, 3.63) is 35.1 Å². The quantitative estimate of drug-likeness (QED) is 0.745. The number of aryl methyl sites for hydroxylation is 1. The number of rotatable bonds is 7. The molecule has 0 radical (unpaired) electrons. The van der Waals surface area contributed by atoms with Gasteiger partial charge in [0.25, 0.3) is 5.91 Å². The smallest absolute Gasteiger partial charge is 0.307 e. The molecule has 1 aromatic carbocycles. The molecule has 6 heteroatoms. The summed E-state index contributed by atoms with van der Waals surface area (Å²) < 4.78 is 18.3. The highest BCUT2D eigenvalue weighted by Gasteiger charge is 2.11. The highest BCUT2D eigenvalue weighted by molar-refractivity contribution is 5.94. The number of benzene rings is 1. The van der Waals surface area contributed by atoms with Crippen LogP contribution in [0, 0.1) is 5.82 Å². The van der Waals surface area contributed by atoms with Crippen LogP contribution >= 0.6 is 0 Å². The SMILES string of the molecule is CCc1cc(F)cc(C(=O)NCCC(=O)OC(C)CN)c1. The molecule has 0 aliphatic heterocycles. The average Bonchev–Trinajstić information content (AvgIpc) is 2.46. The summed E-state index contributed by atoms with van der Waals surface area (Å²) in [5.41, 5.74) is 6.32. The predicted octanol–water partition coefficient (Wildman–Crippen LogP) is 1.40. The van der Waals surface area contributed by atoms with Gasteiger partial charge in [0.15, 0.2) is 0 Å². The first-order chi connectivity index (χ1) is 9.96. The van der Waals surface area contributed by atoms with Crippen molar-refractivity contribution >= 4 is 11.9 Å². The number of amides is 1. The van der Waals surface area contributed by atoms with Crippen molar-refractivity contribution in [2.24, 2.45) is 5.73 Å². The molecule has 1 rings (SSSR count). The number of halogens is 1. The van der Waals surface area contributed by atoms with E-state index in [2.05, 4.69) is 5.32 Å². The molecule has 1 unspecified atom stereocenters. The molecule has 0 heterocycles. The monoisotopic (exact) mass is 296 g/mol. The third-order valence-corrected chi connectivity index (χ3v) is 2.91. The Morgan fingerprint density at radius 1 is 1.38 bits per heavy atom. The Morgan fingerprint density at radius 3 is 2.71 bits per heavy atom. The lowest BCUT2D eigenvalue weighted by atomic mass is 10.1. The number of hydrogen-bond acceptors (Lipinski definition) is 4. The summed E-state index contributed by atoms with van der Waals surface area (Å²) in [6.07, 6.45) is 0.344. The van der Waals surface area contributed by atoms with Crippen LogP contribution in [0.25, 0.3) is 0 Å². The summed E-state index contributed by atoms with van der Waals surface area (Å²) in [5, 5.41) is 2.56. The molecule has 1 amide bonds. The molecule has 1 aromatic rings. The first kappa shape index (κ1) is 17.1. The van der Waals surface area contributed by atoms with E-state index < -0.39 is 17.7 Å². The van der Waals surface area contributed by atoms with Gasteiger partial charge in [0, 0.05) is 18.7 Å². The highest BCUT2D eigenvalue weighted by atomic mass is 19.1. The minimum absolute atomic E-state index is 0.0476. The molecule has 0 saturated heterocycles. The van der Waals surface area contributed by atoms with Crippen molar-refractivity contribution in [3.8, 4) is 0 Å². The van der Waals surface area contributed by atoms with Gasteiger partial charge in [-0.2, -0.15) is 0 Å². The van der Waals surface area contributed by atoms with Crippen molar-refractivity contribution in [3.63, 3.8) is 0 Å². The lowest BCUT2D eigenvalue weighted by Gasteiger charge is -2.11. The second-order valence-corrected chi connectivity index (χ2v) is 4.74. The maximum absolute atomic E-state index is 13.3. The summed E-state index contributed by atoms with van der Waals surface area (Å²) in [4.78, 5) is 23.3. The molecule has 0 aliphatic rings. The van der Waals surface area contributed by atoms with Crippen LogP contribution in [0.1, 0.15) is 36.2 Å². The molecule has 0 spiro atoms. The third-order valence-electron chi connectivity index (χ3n) is 2.91. The number of nitrogens with two attached hydrogens (primary N) is 1. The number of carbonyl (C=O) groups excluding carboxylic acids is 2. The van der Waals surface area contributed by atoms with Gasteiger partial charge in [0.2, 0.25) is 0 Å². The number of hydrogen-bond donors (Lipinski definition) is 2. The van der Waals surface area contributed by atoms with Gasteiger partial charge in [-0.1, -0.05) is 6.92 Å². The van der Waals surface area contributed by atoms with E-state index >= 15 is 0 Å². The normalized spacial score (nSPS) is 11.8. The molecule has 116 valence electrons. The predicted molar refractivity (Wildman–Crippen MR) is 77.3 cm³/mol. The van der Waals surface area contributed by atoms with Crippen molar-refractivity contribution in [1.82, 2.24) is 5.32 Å². The van der Waals surface area contributed by atoms with Gasteiger partial charge in [-0.3, -0.25) is 9.59 Å². The Hall–Kier alpha value is -1.95. The Bertz CT molecular complexity index is 506. The van der Waals surface area contributed by atoms with Gasteiger partial charge < -0.3 is 15.8 Å². The topological polar surface area (TPSA) is 81.4 Å². The fraction of sp³-hybridized carbons (Fsp3) is 0.467. The van der Waals surface area contributed by atoms with Crippen molar-refractivity contribution in [2.75, 3.05) is 13.1 Å². The van der Waals surface area contributed by atoms with E-state index in [1.165, 1.54) is 12.1 Å². The van der Waals surface area contributed by atoms with Crippen LogP contribution in [0.3, 0.4) is 0 Å². The minimum atomic E-state index is -0.448. The summed E-state index contributed by atoms with van der Waals surface area (Å²) in [5.74, 6) is -1.29. The Balaban J connectivity index is 2.47. The molecular formula is C15H21FN2O3. The lowest BCUT2D eigenvalue weighted by Crippen LogP contribution is -2.29. The molecule has 0 aliphatic carbocycles. The Labute approximate surface area is 123 Å². The summed E-state index contributed by atoms with van der Waals surface area (Å²) >= 11 is 0. The van der Waals surface area contributed by atoms with Crippen molar-refractivity contribution in [1.29, 1.82) is 0 Å². The Kier molecular flexibility index (Phi) is 6.81. The zero-order valence-corrected chi connectivity index (χ0v) is 12.3. The van der Waals surface area contributed by atoms with E-state index in [-0.39, 0.29) is 31.2 Å². The largest absolute Gasteiger partial charge is 0.461 e. The molecule has 21 heavy (non-hydrogen) atoms. The van der Waals surface area contributed by atoms with Gasteiger partial charge >= 0.3 is 5.97 Å². The van der Waals surface area contributed by atoms with Crippen LogP contribution < -0.4 is 11.1 Å². The van der Waals surface area contributed by atoms with Gasteiger partial charge in [-0.25, -0.2) is 4.39 Å². The lowest BCUT2D eigenvalue weighted by molar-refractivity contribution is -0.147. The summed E-state index contributed by atoms with van der Waals surface area (Å²) in [6, 6.07) is 4.19. The molecule has 0 saturated carbocycles. The molecule has 0 aromatic heterocycles. The van der Waals surface area contributed by atoms with E-state index in [0.717, 1.165) is 5.56 Å². The van der Waals surface area contributed by atoms with Crippen LogP contribution in [0.2, 0.25) is 0 Å². The molecule has 0 bridgehead atoms. The van der Waals surface area contributed by atoms with E-state index in [4.69, 9.17) is 10.5 Å². The minimum Gasteiger partial charge on any atom is -0.461 e. The third kappa shape index (κ3) is 5.91. The zero-order chi connectivity index (χ0) is 15.8. The van der Waals surface area contributed by atoms with E-state index in [1.54, 1.807) is 13.0 Å². The standard InChI is InChI=1S/C15H21FN2O3/c1-3-11-6-12(8-13(16)7-11)15(20)18-5-4-14(19)21-10(2)9-17/h6-8,10H,3-5,9,17H2,1-2H3,(H,18,20). The summed E-state index contributed by atoms with van der Waals surface area (Å²) in [6.45, 7) is 3.95. The van der Waals surface area contributed by atoms with Crippen LogP contribution in [-0.2, 0) is 16.0 Å². The number of nitrogens with one attached hydrogen (secondary N) is 1. The first-order valence-corrected chi connectivity index (χ1v) is 6.93. The zero-order valence-electron chi connectivity index (χ0n) is 12.3. The van der Waals surface area contributed by atoms with E-state index in [0.29, 0.717) is 6.42 Å². The molecule has 0 fully saturated rings. The number of esters is 1. The molecular weight excluding hydrogens is 275 g/mol. The average molecular weight is 296 g/mol. The van der Waals surface area contributed by atoms with Crippen LogP contribution in [-0.4, -0.2) is 31.1 Å². The van der Waals surface area contributed by atoms with Crippen LogP contribution in [0.5, 0.6) is 0 Å². The van der Waals surface area contributed by atoms with Gasteiger partial charge in [0.05, 0.1) is 6.42 Å².